The summed E-state index contributed by atoms with van der Waals surface area (Å²) in [5, 5.41) is 15.9. The smallest absolute Gasteiger partial charge is 0.405 e. The number of aliphatic hydroxyl groups is 1. The summed E-state index contributed by atoms with van der Waals surface area (Å²) in [6.45, 7) is 13.8. The normalized spacial score (nSPS) is 22.9. The summed E-state index contributed by atoms with van der Waals surface area (Å²) >= 11 is 0. The molecule has 14 nitrogen and oxygen atoms in total. The molecule has 1 saturated heterocycles. The SMILES string of the molecule is CCCCc1ccc(-c2ccc(C(=O)CCCC(=O)C[C@@H](CCCCN)C(=O)N[C@H](C(=O)C[C@@H](C)C(=O)N[C@@H](CC(N)=O)C(=O)C[C@H](C)B3O[C@H]4C[C@H]5C[C@H](C5(C)C)[C@@]4(C)O3)C(C)O)cc2)cc1. The molecule has 7 N–H and O–H groups in total. The van der Waals surface area contributed by atoms with E-state index in [4.69, 9.17) is 20.8 Å². The number of amides is 3. The number of ketones is 4. The largest absolute Gasteiger partial charge is 0.461 e. The molecule has 15 heteroatoms. The molecule has 6 rings (SSSR count). The number of hydrogen-bond donors (Lipinski definition) is 5. The highest BCUT2D eigenvalue weighted by atomic mass is 16.7. The van der Waals surface area contributed by atoms with Crippen molar-refractivity contribution in [3.8, 4) is 11.1 Å². The lowest BCUT2D eigenvalue weighted by atomic mass is 9.43. The number of carbonyl (C=O) groups excluding carboxylic acids is 7. The zero-order chi connectivity index (χ0) is 49.9. The van der Waals surface area contributed by atoms with Gasteiger partial charge in [0.15, 0.2) is 17.3 Å². The summed E-state index contributed by atoms with van der Waals surface area (Å²) in [6, 6.07) is 13.3. The number of hydrogen-bond acceptors (Lipinski definition) is 11. The molecule has 0 radical (unpaired) electrons. The first-order chi connectivity index (χ1) is 32.2. The fourth-order valence-corrected chi connectivity index (χ4v) is 10.6. The number of nitrogens with one attached hydrogen (secondary N) is 2. The van der Waals surface area contributed by atoms with Crippen molar-refractivity contribution in [2.45, 2.75) is 180 Å². The molecule has 2 bridgehead atoms. The molecule has 68 heavy (non-hydrogen) atoms. The quantitative estimate of drug-likeness (QED) is 0.0329. The van der Waals surface area contributed by atoms with Crippen LogP contribution in [-0.4, -0.2) is 89.5 Å². The molecule has 3 saturated carbocycles. The average Bonchev–Trinajstić information content (AvgIpc) is 3.67. The molecule has 2 aromatic carbocycles. The van der Waals surface area contributed by atoms with Crippen molar-refractivity contribution in [1.82, 2.24) is 10.6 Å². The van der Waals surface area contributed by atoms with E-state index in [9.17, 15) is 38.7 Å². The second-order valence-corrected chi connectivity index (χ2v) is 20.9. The monoisotopic (exact) mass is 941 g/mol. The fraction of sp³-hybridized carbons (Fsp3) is 0.642. The Bertz CT molecular complexity index is 2090. The number of aliphatic hydroxyl groups excluding tert-OH is 1. The van der Waals surface area contributed by atoms with Crippen molar-refractivity contribution >= 4 is 48.0 Å². The zero-order valence-electron chi connectivity index (χ0n) is 41.5. The number of benzene rings is 2. The zero-order valence-corrected chi connectivity index (χ0v) is 41.5. The van der Waals surface area contributed by atoms with Crippen molar-refractivity contribution in [2.75, 3.05) is 6.54 Å². The van der Waals surface area contributed by atoms with Crippen LogP contribution >= 0.6 is 0 Å². The van der Waals surface area contributed by atoms with E-state index in [2.05, 4.69) is 62.6 Å². The van der Waals surface area contributed by atoms with Gasteiger partial charge in [0, 0.05) is 49.5 Å². The molecule has 2 aromatic rings. The highest BCUT2D eigenvalue weighted by Crippen LogP contribution is 2.66. The topological polar surface area (TPSA) is 234 Å². The Kier molecular flexibility index (Phi) is 19.4. The van der Waals surface area contributed by atoms with Crippen LogP contribution in [0.25, 0.3) is 11.1 Å². The van der Waals surface area contributed by atoms with Gasteiger partial charge in [0.2, 0.25) is 17.7 Å². The lowest BCUT2D eigenvalue weighted by Gasteiger charge is -2.64. The van der Waals surface area contributed by atoms with Crippen LogP contribution < -0.4 is 22.1 Å². The first-order valence-corrected chi connectivity index (χ1v) is 25.1. The minimum atomic E-state index is -1.39. The van der Waals surface area contributed by atoms with E-state index in [-0.39, 0.29) is 54.6 Å². The van der Waals surface area contributed by atoms with Crippen LogP contribution in [0, 0.1) is 29.1 Å². The van der Waals surface area contributed by atoms with Crippen LogP contribution in [0.3, 0.4) is 0 Å². The van der Waals surface area contributed by atoms with Crippen molar-refractivity contribution in [3.05, 3.63) is 59.7 Å². The van der Waals surface area contributed by atoms with E-state index in [1.807, 2.05) is 19.1 Å². The van der Waals surface area contributed by atoms with Crippen LogP contribution in [0.2, 0.25) is 5.82 Å². The van der Waals surface area contributed by atoms with E-state index in [0.717, 1.165) is 43.2 Å². The molecule has 1 unspecified atom stereocenters. The molecular formula is C53H77BN4O10. The third kappa shape index (κ3) is 13.8. The molecule has 3 aliphatic carbocycles. The Morgan fingerprint density at radius 2 is 1.46 bits per heavy atom. The summed E-state index contributed by atoms with van der Waals surface area (Å²) in [5.74, 6) is -4.75. The van der Waals surface area contributed by atoms with Gasteiger partial charge >= 0.3 is 7.12 Å². The lowest BCUT2D eigenvalue weighted by molar-refractivity contribution is -0.199. The van der Waals surface area contributed by atoms with Crippen molar-refractivity contribution in [2.24, 2.45) is 40.6 Å². The molecule has 0 spiro atoms. The third-order valence-corrected chi connectivity index (χ3v) is 15.2. The Morgan fingerprint density at radius 3 is 2.06 bits per heavy atom. The Morgan fingerprint density at radius 1 is 0.794 bits per heavy atom. The first-order valence-electron chi connectivity index (χ1n) is 25.1. The maximum absolute atomic E-state index is 13.7. The Balaban J connectivity index is 1.10. The molecule has 10 atom stereocenters. The molecule has 0 aromatic heterocycles. The number of unbranched alkanes of at least 4 members (excludes halogenated alkanes) is 2. The molecular weight excluding hydrogens is 863 g/mol. The van der Waals surface area contributed by atoms with Gasteiger partial charge < -0.3 is 36.5 Å². The van der Waals surface area contributed by atoms with Crippen LogP contribution in [0.5, 0.6) is 0 Å². The molecule has 4 aliphatic rings. The highest BCUT2D eigenvalue weighted by Gasteiger charge is 2.68. The molecule has 372 valence electrons. The minimum absolute atomic E-state index is 0.0520. The summed E-state index contributed by atoms with van der Waals surface area (Å²) in [6.07, 6.45) is 4.88. The first kappa shape index (κ1) is 54.4. The third-order valence-electron chi connectivity index (χ3n) is 15.2. The summed E-state index contributed by atoms with van der Waals surface area (Å²) < 4.78 is 12.9. The number of nitrogens with two attached hydrogens (primary N) is 2. The number of primary amides is 1. The maximum Gasteiger partial charge on any atom is 0.461 e. The fourth-order valence-electron chi connectivity index (χ4n) is 10.6. The molecule has 1 heterocycles. The van der Waals surface area contributed by atoms with Gasteiger partial charge in [0.1, 0.15) is 11.8 Å². The van der Waals surface area contributed by atoms with Crippen LogP contribution in [0.4, 0.5) is 0 Å². The maximum atomic E-state index is 13.7. The molecule has 4 fully saturated rings. The van der Waals surface area contributed by atoms with Gasteiger partial charge in [-0.1, -0.05) is 96.0 Å². The minimum Gasteiger partial charge on any atom is -0.405 e. The summed E-state index contributed by atoms with van der Waals surface area (Å²) in [5.41, 5.74) is 14.8. The number of carbonyl (C=O) groups is 7. The van der Waals surface area contributed by atoms with Gasteiger partial charge in [-0.2, -0.15) is 0 Å². The average molecular weight is 941 g/mol. The highest BCUT2D eigenvalue weighted by molar-refractivity contribution is 6.47. The summed E-state index contributed by atoms with van der Waals surface area (Å²) in [4.78, 5) is 92.9. The van der Waals surface area contributed by atoms with Gasteiger partial charge in [0.05, 0.1) is 30.3 Å². The second kappa shape index (κ2) is 24.3. The molecule has 1 aliphatic heterocycles. The van der Waals surface area contributed by atoms with E-state index in [1.54, 1.807) is 12.1 Å². The lowest BCUT2D eigenvalue weighted by Crippen LogP contribution is -2.65. The van der Waals surface area contributed by atoms with Crippen LogP contribution in [0.1, 0.15) is 154 Å². The van der Waals surface area contributed by atoms with Gasteiger partial charge in [-0.15, -0.1) is 0 Å². The van der Waals surface area contributed by atoms with Gasteiger partial charge in [-0.25, -0.2) is 0 Å². The second-order valence-electron chi connectivity index (χ2n) is 20.9. The molecule has 3 amide bonds. The van der Waals surface area contributed by atoms with E-state index in [1.165, 1.54) is 19.4 Å². The van der Waals surface area contributed by atoms with Gasteiger partial charge in [0.25, 0.3) is 0 Å². The summed E-state index contributed by atoms with van der Waals surface area (Å²) in [7, 11) is -0.633. The standard InChI is InChI=1S/C53H77BN4O10/c1-8-9-13-35-17-19-36(20-18-35)37-21-23-38(24-22-37)43(61)16-12-15-41(60)28-39(14-10-11-25-55)51(66)58-49(34(4)59)45(63)26-32(2)50(65)57-42(31-48(56)64)44(62)27-33(3)54-67-47-30-40-29-46(52(40,5)6)53(47,7)68-54/h17-24,32-34,39-40,42,46-47,49,59H,8-16,25-31,55H2,1-7H3,(H2,56,64)(H,57,65)(H,58,66)/t32-,33+,34?,39-,40-,42+,46-,47+,49+,53-/m1/s1. The van der Waals surface area contributed by atoms with E-state index >= 15 is 0 Å². The number of aryl methyl sites for hydroxylation is 1. The van der Waals surface area contributed by atoms with Gasteiger partial charge in [-0.3, -0.25) is 33.6 Å². The number of Topliss-reactive ketones (excluding diaryl/α,β-unsaturated/α-hetero) is 4. The van der Waals surface area contributed by atoms with Crippen LogP contribution in [0.15, 0.2) is 48.5 Å². The van der Waals surface area contributed by atoms with Gasteiger partial charge in [-0.05, 0) is 105 Å². The van der Waals surface area contributed by atoms with E-state index < -0.39 is 84.9 Å². The van der Waals surface area contributed by atoms with Crippen molar-refractivity contribution in [3.63, 3.8) is 0 Å². The van der Waals surface area contributed by atoms with Crippen molar-refractivity contribution < 1.29 is 48.0 Å². The Hall–Kier alpha value is -4.57. The Labute approximate surface area is 403 Å². The predicted molar refractivity (Wildman–Crippen MR) is 262 cm³/mol. The number of rotatable bonds is 29. The van der Waals surface area contributed by atoms with Crippen LogP contribution in [-0.2, 0) is 44.5 Å². The predicted octanol–water partition coefficient (Wildman–Crippen LogP) is 6.65. The van der Waals surface area contributed by atoms with Crippen molar-refractivity contribution in [1.29, 1.82) is 0 Å². The van der Waals surface area contributed by atoms with E-state index in [0.29, 0.717) is 49.6 Å².